The quantitative estimate of drug-likeness (QED) is 0.425. The van der Waals surface area contributed by atoms with Crippen LogP contribution in [-0.2, 0) is 0 Å². The molecule has 6 nitrogen and oxygen atoms in total. The summed E-state index contributed by atoms with van der Waals surface area (Å²) in [6, 6.07) is 4.42. The van der Waals surface area contributed by atoms with Gasteiger partial charge in [-0.25, -0.2) is 0 Å². The van der Waals surface area contributed by atoms with Crippen molar-refractivity contribution in [3.63, 3.8) is 0 Å². The van der Waals surface area contributed by atoms with Gasteiger partial charge in [0, 0.05) is 0 Å². The molecule has 0 aliphatic heterocycles. The van der Waals surface area contributed by atoms with Crippen molar-refractivity contribution in [3.8, 4) is 11.5 Å². The number of hydrogen-bond acceptors (Lipinski definition) is 7. The number of phenolic OH excluding ortho intramolecular Hbond substituents is 2. The standard InChI is InChI=1S/C9H8N4O2S/c14-7-2-1-6(3-8(7)15)4-10-12-9-13-11-5-16-9/h1-5,14-15H,(H,12,13)/b10-4+. The molecule has 0 saturated carbocycles. The highest BCUT2D eigenvalue weighted by Crippen LogP contribution is 2.24. The predicted molar refractivity (Wildman–Crippen MR) is 60.9 cm³/mol. The van der Waals surface area contributed by atoms with Gasteiger partial charge in [-0.2, -0.15) is 5.10 Å². The van der Waals surface area contributed by atoms with E-state index in [4.69, 9.17) is 5.11 Å². The molecule has 0 unspecified atom stereocenters. The summed E-state index contributed by atoms with van der Waals surface area (Å²) >= 11 is 1.33. The Bertz CT molecular complexity index is 498. The number of benzene rings is 1. The topological polar surface area (TPSA) is 90.6 Å². The fourth-order valence-electron chi connectivity index (χ4n) is 1.00. The van der Waals surface area contributed by atoms with Gasteiger partial charge in [0.1, 0.15) is 5.51 Å². The second-order valence-corrected chi connectivity index (χ2v) is 3.70. The Morgan fingerprint density at radius 3 is 2.88 bits per heavy atom. The third-order valence-electron chi connectivity index (χ3n) is 1.73. The number of anilines is 1. The van der Waals surface area contributed by atoms with E-state index >= 15 is 0 Å². The number of aromatic nitrogens is 2. The van der Waals surface area contributed by atoms with E-state index in [-0.39, 0.29) is 11.5 Å². The molecule has 0 bridgehead atoms. The average molecular weight is 236 g/mol. The van der Waals surface area contributed by atoms with Gasteiger partial charge in [0.25, 0.3) is 0 Å². The summed E-state index contributed by atoms with van der Waals surface area (Å²) < 4.78 is 0. The molecule has 0 atom stereocenters. The first-order valence-corrected chi connectivity index (χ1v) is 5.21. The second kappa shape index (κ2) is 4.58. The van der Waals surface area contributed by atoms with Gasteiger partial charge in [-0.05, 0) is 23.8 Å². The minimum absolute atomic E-state index is 0.158. The normalized spacial score (nSPS) is 10.8. The Morgan fingerprint density at radius 2 is 2.19 bits per heavy atom. The summed E-state index contributed by atoms with van der Waals surface area (Å²) in [7, 11) is 0. The molecule has 0 fully saturated rings. The van der Waals surface area contributed by atoms with Crippen LogP contribution in [0.4, 0.5) is 5.13 Å². The van der Waals surface area contributed by atoms with E-state index in [2.05, 4.69) is 20.7 Å². The number of nitrogens with one attached hydrogen (secondary N) is 1. The minimum atomic E-state index is -0.181. The van der Waals surface area contributed by atoms with E-state index in [0.717, 1.165) is 0 Å². The SMILES string of the molecule is Oc1ccc(/C=N/Nc2nncs2)cc1O. The van der Waals surface area contributed by atoms with E-state index in [1.807, 2.05) is 0 Å². The van der Waals surface area contributed by atoms with Gasteiger partial charge in [0.15, 0.2) is 11.5 Å². The highest BCUT2D eigenvalue weighted by atomic mass is 32.1. The van der Waals surface area contributed by atoms with E-state index in [1.54, 1.807) is 11.6 Å². The van der Waals surface area contributed by atoms with Gasteiger partial charge in [0.05, 0.1) is 6.21 Å². The molecule has 1 aromatic heterocycles. The van der Waals surface area contributed by atoms with Gasteiger partial charge in [-0.3, -0.25) is 5.43 Å². The zero-order valence-corrected chi connectivity index (χ0v) is 8.85. The molecular formula is C9H8N4O2S. The summed E-state index contributed by atoms with van der Waals surface area (Å²) in [6.07, 6.45) is 1.50. The molecule has 82 valence electrons. The first-order chi connectivity index (χ1) is 7.75. The molecule has 0 spiro atoms. The molecule has 0 aliphatic rings. The fraction of sp³-hybridized carbons (Fsp3) is 0. The number of nitrogens with zero attached hydrogens (tertiary/aromatic N) is 3. The third kappa shape index (κ3) is 2.45. The summed E-state index contributed by atoms with van der Waals surface area (Å²) in [6.45, 7) is 0. The van der Waals surface area contributed by atoms with E-state index in [1.165, 1.54) is 29.7 Å². The van der Waals surface area contributed by atoms with Crippen LogP contribution in [0.15, 0.2) is 28.8 Å². The van der Waals surface area contributed by atoms with Crippen LogP contribution in [0.3, 0.4) is 0 Å². The molecule has 2 rings (SSSR count). The Morgan fingerprint density at radius 1 is 1.31 bits per heavy atom. The van der Waals surface area contributed by atoms with Gasteiger partial charge < -0.3 is 10.2 Å². The summed E-state index contributed by atoms with van der Waals surface area (Å²) in [5.41, 5.74) is 4.92. The van der Waals surface area contributed by atoms with Crippen molar-refractivity contribution in [1.29, 1.82) is 0 Å². The number of rotatable bonds is 3. The van der Waals surface area contributed by atoms with Crippen molar-refractivity contribution in [1.82, 2.24) is 10.2 Å². The smallest absolute Gasteiger partial charge is 0.225 e. The van der Waals surface area contributed by atoms with Crippen LogP contribution in [-0.4, -0.2) is 26.6 Å². The molecule has 0 saturated heterocycles. The average Bonchev–Trinajstić information content (AvgIpc) is 2.76. The molecule has 0 radical (unpaired) electrons. The summed E-state index contributed by atoms with van der Waals surface area (Å²) in [4.78, 5) is 0. The van der Waals surface area contributed by atoms with Crippen molar-refractivity contribution in [3.05, 3.63) is 29.3 Å². The first-order valence-electron chi connectivity index (χ1n) is 4.33. The van der Waals surface area contributed by atoms with Crippen molar-refractivity contribution < 1.29 is 10.2 Å². The highest BCUT2D eigenvalue weighted by molar-refractivity contribution is 7.13. The third-order valence-corrected chi connectivity index (χ3v) is 2.33. The van der Waals surface area contributed by atoms with Crippen molar-refractivity contribution in [2.75, 3.05) is 5.43 Å². The fourth-order valence-corrected chi connectivity index (χ4v) is 1.40. The molecule has 16 heavy (non-hydrogen) atoms. The molecule has 7 heteroatoms. The molecule has 0 amide bonds. The number of hydrazone groups is 1. The minimum Gasteiger partial charge on any atom is -0.504 e. The van der Waals surface area contributed by atoms with Gasteiger partial charge >= 0.3 is 0 Å². The lowest BCUT2D eigenvalue weighted by molar-refractivity contribution is 0.403. The molecule has 2 aromatic rings. The molecule has 0 aliphatic carbocycles. The maximum absolute atomic E-state index is 9.23. The Balaban J connectivity index is 2.03. The van der Waals surface area contributed by atoms with Gasteiger partial charge in [0.2, 0.25) is 5.13 Å². The zero-order valence-electron chi connectivity index (χ0n) is 8.03. The molecule has 3 N–H and O–H groups in total. The number of phenols is 2. The maximum atomic E-state index is 9.23. The largest absolute Gasteiger partial charge is 0.504 e. The number of hydrogen-bond donors (Lipinski definition) is 3. The summed E-state index contributed by atoms with van der Waals surface area (Å²) in [5.74, 6) is -0.339. The van der Waals surface area contributed by atoms with E-state index in [9.17, 15) is 5.11 Å². The second-order valence-electron chi connectivity index (χ2n) is 2.86. The van der Waals surface area contributed by atoms with Crippen LogP contribution in [0.5, 0.6) is 11.5 Å². The lowest BCUT2D eigenvalue weighted by Crippen LogP contribution is -1.89. The summed E-state index contributed by atoms with van der Waals surface area (Å²) in [5, 5.41) is 30.2. The Kier molecular flexibility index (Phi) is 2.97. The zero-order chi connectivity index (χ0) is 11.4. The Labute approximate surface area is 94.9 Å². The highest BCUT2D eigenvalue weighted by Gasteiger charge is 1.98. The van der Waals surface area contributed by atoms with Crippen LogP contribution >= 0.6 is 11.3 Å². The number of aromatic hydroxyl groups is 2. The van der Waals surface area contributed by atoms with Crippen LogP contribution in [0.2, 0.25) is 0 Å². The van der Waals surface area contributed by atoms with Crippen LogP contribution in [0.1, 0.15) is 5.56 Å². The first kappa shape index (κ1) is 10.4. The lowest BCUT2D eigenvalue weighted by atomic mass is 10.2. The van der Waals surface area contributed by atoms with Crippen LogP contribution in [0.25, 0.3) is 0 Å². The van der Waals surface area contributed by atoms with Crippen molar-refractivity contribution in [2.24, 2.45) is 5.10 Å². The molecule has 1 heterocycles. The van der Waals surface area contributed by atoms with E-state index < -0.39 is 0 Å². The lowest BCUT2D eigenvalue weighted by Gasteiger charge is -1.98. The van der Waals surface area contributed by atoms with Gasteiger partial charge in [-0.1, -0.05) is 11.3 Å². The van der Waals surface area contributed by atoms with Crippen molar-refractivity contribution in [2.45, 2.75) is 0 Å². The van der Waals surface area contributed by atoms with Gasteiger partial charge in [-0.15, -0.1) is 10.2 Å². The van der Waals surface area contributed by atoms with Crippen molar-refractivity contribution >= 4 is 22.7 Å². The van der Waals surface area contributed by atoms with E-state index in [0.29, 0.717) is 10.7 Å². The monoisotopic (exact) mass is 236 g/mol. The molecular weight excluding hydrogens is 228 g/mol. The maximum Gasteiger partial charge on any atom is 0.225 e. The van der Waals surface area contributed by atoms with Crippen LogP contribution < -0.4 is 5.43 Å². The predicted octanol–water partition coefficient (Wildman–Crippen LogP) is 1.40. The molecule has 1 aromatic carbocycles. The van der Waals surface area contributed by atoms with Crippen LogP contribution in [0, 0.1) is 0 Å². The Hall–Kier alpha value is -2.15.